The highest BCUT2D eigenvalue weighted by atomic mass is 35.5. The third kappa shape index (κ3) is 2.84. The Morgan fingerprint density at radius 1 is 1.06 bits per heavy atom. The molecule has 0 amide bonds. The molecule has 0 aliphatic rings. The van der Waals surface area contributed by atoms with Crippen LogP contribution < -0.4 is 11.1 Å². The van der Waals surface area contributed by atoms with Crippen LogP contribution in [-0.2, 0) is 0 Å². The number of rotatable bonds is 2. The lowest BCUT2D eigenvalue weighted by Crippen LogP contribution is -1.96. The number of nitrogen functional groups attached to an aromatic ring is 1. The van der Waals surface area contributed by atoms with Crippen LogP contribution in [0.3, 0.4) is 0 Å². The maximum Gasteiger partial charge on any atom is 0.0441 e. The highest BCUT2D eigenvalue weighted by Crippen LogP contribution is 2.28. The Balaban J connectivity index is 2.34. The molecule has 0 spiro atoms. The lowest BCUT2D eigenvalue weighted by Gasteiger charge is -2.11. The van der Waals surface area contributed by atoms with E-state index in [0.717, 1.165) is 22.6 Å². The van der Waals surface area contributed by atoms with E-state index in [2.05, 4.69) is 5.32 Å². The molecule has 3 N–H and O–H groups in total. The number of nitrogens with one attached hydrogen (secondary N) is 1. The summed E-state index contributed by atoms with van der Waals surface area (Å²) in [6.45, 7) is 1.96. The minimum Gasteiger partial charge on any atom is -0.398 e. The minimum atomic E-state index is 0.599. The molecule has 0 aromatic heterocycles. The fourth-order valence-electron chi connectivity index (χ4n) is 1.57. The van der Waals surface area contributed by atoms with Gasteiger partial charge in [-0.05, 0) is 42.8 Å². The molecular weight excluding hydrogens is 255 g/mol. The molecule has 88 valence electrons. The van der Waals surface area contributed by atoms with Crippen molar-refractivity contribution in [3.8, 4) is 0 Å². The van der Waals surface area contributed by atoms with Gasteiger partial charge in [-0.3, -0.25) is 0 Å². The molecule has 0 radical (unpaired) electrons. The van der Waals surface area contributed by atoms with Crippen molar-refractivity contribution < 1.29 is 0 Å². The lowest BCUT2D eigenvalue weighted by molar-refractivity contribution is 1.43. The van der Waals surface area contributed by atoms with E-state index in [1.54, 1.807) is 6.07 Å². The first-order valence-corrected chi connectivity index (χ1v) is 5.90. The van der Waals surface area contributed by atoms with Gasteiger partial charge in [-0.2, -0.15) is 0 Å². The molecule has 0 aliphatic heterocycles. The Morgan fingerprint density at radius 3 is 2.35 bits per heavy atom. The third-order valence-electron chi connectivity index (χ3n) is 2.52. The maximum absolute atomic E-state index is 5.94. The zero-order valence-electron chi connectivity index (χ0n) is 9.30. The number of benzene rings is 2. The van der Waals surface area contributed by atoms with Crippen molar-refractivity contribution in [2.75, 3.05) is 11.1 Å². The summed E-state index contributed by atoms with van der Waals surface area (Å²) in [7, 11) is 0. The van der Waals surface area contributed by atoms with Crippen LogP contribution in [0.2, 0.25) is 10.0 Å². The number of anilines is 3. The second kappa shape index (κ2) is 4.86. The van der Waals surface area contributed by atoms with Gasteiger partial charge in [0.2, 0.25) is 0 Å². The van der Waals surface area contributed by atoms with Crippen LogP contribution in [0, 0.1) is 6.92 Å². The average molecular weight is 267 g/mol. The fraction of sp³-hybridized carbons (Fsp3) is 0.0769. The fourth-order valence-corrected chi connectivity index (χ4v) is 2.10. The monoisotopic (exact) mass is 266 g/mol. The Bertz CT molecular complexity index is 533. The average Bonchev–Trinajstić information content (AvgIpc) is 2.23. The number of hydrogen-bond acceptors (Lipinski definition) is 2. The molecule has 2 aromatic rings. The second-order valence-corrected chi connectivity index (χ2v) is 4.68. The minimum absolute atomic E-state index is 0.599. The number of hydrogen-bond donors (Lipinski definition) is 2. The van der Waals surface area contributed by atoms with Crippen LogP contribution in [-0.4, -0.2) is 0 Å². The van der Waals surface area contributed by atoms with Crippen molar-refractivity contribution in [1.82, 2.24) is 0 Å². The molecule has 0 atom stereocenters. The molecule has 0 aliphatic carbocycles. The van der Waals surface area contributed by atoms with Crippen molar-refractivity contribution in [1.29, 1.82) is 0 Å². The molecular formula is C13H12Cl2N2. The quantitative estimate of drug-likeness (QED) is 0.778. The van der Waals surface area contributed by atoms with E-state index in [1.807, 2.05) is 37.3 Å². The molecule has 0 bridgehead atoms. The first-order valence-electron chi connectivity index (χ1n) is 5.14. The normalized spacial score (nSPS) is 10.3. The van der Waals surface area contributed by atoms with Gasteiger partial charge in [0.1, 0.15) is 0 Å². The predicted molar refractivity (Wildman–Crippen MR) is 75.3 cm³/mol. The SMILES string of the molecule is Cc1c(N)cccc1Nc1cc(Cl)cc(Cl)c1. The summed E-state index contributed by atoms with van der Waals surface area (Å²) in [6, 6.07) is 11.1. The van der Waals surface area contributed by atoms with Gasteiger partial charge in [0, 0.05) is 27.1 Å². The molecule has 0 saturated carbocycles. The first-order chi connectivity index (χ1) is 8.06. The summed E-state index contributed by atoms with van der Waals surface area (Å²) in [5.74, 6) is 0. The summed E-state index contributed by atoms with van der Waals surface area (Å²) in [5.41, 5.74) is 9.39. The first kappa shape index (κ1) is 12.1. The van der Waals surface area contributed by atoms with Gasteiger partial charge >= 0.3 is 0 Å². The van der Waals surface area contributed by atoms with E-state index in [-0.39, 0.29) is 0 Å². The molecule has 17 heavy (non-hydrogen) atoms. The zero-order chi connectivity index (χ0) is 12.4. The smallest absolute Gasteiger partial charge is 0.0441 e. The van der Waals surface area contributed by atoms with E-state index in [1.165, 1.54) is 0 Å². The number of halogens is 2. The molecule has 4 heteroatoms. The Morgan fingerprint density at radius 2 is 1.71 bits per heavy atom. The van der Waals surface area contributed by atoms with Crippen LogP contribution in [0.1, 0.15) is 5.56 Å². The van der Waals surface area contributed by atoms with Crippen molar-refractivity contribution in [3.63, 3.8) is 0 Å². The van der Waals surface area contributed by atoms with Crippen molar-refractivity contribution in [2.24, 2.45) is 0 Å². The topological polar surface area (TPSA) is 38.0 Å². The van der Waals surface area contributed by atoms with Gasteiger partial charge in [-0.1, -0.05) is 29.3 Å². The highest BCUT2D eigenvalue weighted by molar-refractivity contribution is 6.35. The van der Waals surface area contributed by atoms with Gasteiger partial charge in [0.05, 0.1) is 0 Å². The molecule has 2 rings (SSSR count). The van der Waals surface area contributed by atoms with Gasteiger partial charge in [0.15, 0.2) is 0 Å². The van der Waals surface area contributed by atoms with Crippen LogP contribution in [0.15, 0.2) is 36.4 Å². The van der Waals surface area contributed by atoms with Gasteiger partial charge in [-0.15, -0.1) is 0 Å². The Hall–Kier alpha value is -1.38. The van der Waals surface area contributed by atoms with E-state index < -0.39 is 0 Å². The molecule has 0 saturated heterocycles. The summed E-state index contributed by atoms with van der Waals surface area (Å²) in [5, 5.41) is 4.44. The van der Waals surface area contributed by atoms with Gasteiger partial charge < -0.3 is 11.1 Å². The van der Waals surface area contributed by atoms with Gasteiger partial charge in [0.25, 0.3) is 0 Å². The largest absolute Gasteiger partial charge is 0.398 e. The third-order valence-corrected chi connectivity index (χ3v) is 2.95. The summed E-state index contributed by atoms with van der Waals surface area (Å²) in [6.07, 6.45) is 0. The molecule has 0 fully saturated rings. The van der Waals surface area contributed by atoms with Crippen molar-refractivity contribution >= 4 is 40.3 Å². The predicted octanol–water partition coefficient (Wildman–Crippen LogP) is 4.63. The Labute approximate surface area is 110 Å². The van der Waals surface area contributed by atoms with Crippen molar-refractivity contribution in [3.05, 3.63) is 52.0 Å². The lowest BCUT2D eigenvalue weighted by atomic mass is 10.1. The summed E-state index contributed by atoms with van der Waals surface area (Å²) in [4.78, 5) is 0. The summed E-state index contributed by atoms with van der Waals surface area (Å²) < 4.78 is 0. The molecule has 0 heterocycles. The van der Waals surface area contributed by atoms with Crippen LogP contribution in [0.25, 0.3) is 0 Å². The van der Waals surface area contributed by atoms with Crippen molar-refractivity contribution in [2.45, 2.75) is 6.92 Å². The highest BCUT2D eigenvalue weighted by Gasteiger charge is 2.03. The van der Waals surface area contributed by atoms with Crippen LogP contribution in [0.4, 0.5) is 17.1 Å². The zero-order valence-corrected chi connectivity index (χ0v) is 10.8. The maximum atomic E-state index is 5.94. The summed E-state index contributed by atoms with van der Waals surface area (Å²) >= 11 is 11.9. The number of nitrogens with two attached hydrogens (primary N) is 1. The van der Waals surface area contributed by atoms with E-state index in [0.29, 0.717) is 10.0 Å². The van der Waals surface area contributed by atoms with Gasteiger partial charge in [-0.25, -0.2) is 0 Å². The molecule has 2 aromatic carbocycles. The Kier molecular flexibility index (Phi) is 3.46. The van der Waals surface area contributed by atoms with Crippen LogP contribution >= 0.6 is 23.2 Å². The molecule has 2 nitrogen and oxygen atoms in total. The standard InChI is InChI=1S/C13H12Cl2N2/c1-8-12(16)3-2-4-13(8)17-11-6-9(14)5-10(15)7-11/h2-7,17H,16H2,1H3. The molecule has 0 unspecified atom stereocenters. The van der Waals surface area contributed by atoms with E-state index >= 15 is 0 Å². The second-order valence-electron chi connectivity index (χ2n) is 3.80. The van der Waals surface area contributed by atoms with E-state index in [4.69, 9.17) is 28.9 Å². The van der Waals surface area contributed by atoms with E-state index in [9.17, 15) is 0 Å². The van der Waals surface area contributed by atoms with Crippen LogP contribution in [0.5, 0.6) is 0 Å².